The number of aliphatic hydroxyl groups is 1. The number of carboxylic acids is 1. The number of rotatable bonds is 3. The summed E-state index contributed by atoms with van der Waals surface area (Å²) in [6, 6.07) is 16.5. The lowest BCUT2D eigenvalue weighted by Crippen LogP contribution is -2.42. The number of hydrogen-bond acceptors (Lipinski definition) is 2. The van der Waals surface area contributed by atoms with Gasteiger partial charge in [-0.15, -0.1) is 0 Å². The van der Waals surface area contributed by atoms with E-state index >= 15 is 0 Å². The smallest absolute Gasteiger partial charge is 0.335 e. The molecule has 2 atom stereocenters. The largest absolute Gasteiger partial charge is 0.478 e. The van der Waals surface area contributed by atoms with Crippen molar-refractivity contribution in [2.45, 2.75) is 24.4 Å². The lowest BCUT2D eigenvalue weighted by atomic mass is 9.63. The van der Waals surface area contributed by atoms with Gasteiger partial charge in [-0.05, 0) is 36.1 Å². The molecule has 2 N–H and O–H groups in total. The Balaban J connectivity index is 1.91. The van der Waals surface area contributed by atoms with Crippen LogP contribution in [0, 0.1) is 0 Å². The van der Waals surface area contributed by atoms with Gasteiger partial charge < -0.3 is 10.2 Å². The third kappa shape index (κ3) is 2.00. The minimum absolute atomic E-state index is 0.0828. The Morgan fingerprint density at radius 1 is 1.05 bits per heavy atom. The summed E-state index contributed by atoms with van der Waals surface area (Å²) in [5, 5.41) is 19.8. The molecule has 3 heteroatoms. The fourth-order valence-corrected chi connectivity index (χ4v) is 2.94. The first-order chi connectivity index (χ1) is 9.61. The van der Waals surface area contributed by atoms with Gasteiger partial charge in [-0.3, -0.25) is 0 Å². The van der Waals surface area contributed by atoms with Gasteiger partial charge in [0.1, 0.15) is 0 Å². The summed E-state index contributed by atoms with van der Waals surface area (Å²) >= 11 is 0. The van der Waals surface area contributed by atoms with Gasteiger partial charge in [-0.2, -0.15) is 0 Å². The summed E-state index contributed by atoms with van der Waals surface area (Å²) in [5.74, 6) is -0.865. The first kappa shape index (κ1) is 12.9. The standard InChI is InChI=1S/C17H16O3/c18-16(19)13-6-8-14(9-7-13)17(20)11-10-15(17)12-4-2-1-3-5-12/h1-9,15,20H,10-11H2,(H,18,19)/t15-,17-/m0/s1. The Morgan fingerprint density at radius 3 is 2.20 bits per heavy atom. The van der Waals surface area contributed by atoms with E-state index in [1.165, 1.54) is 0 Å². The number of carbonyl (C=O) groups is 1. The van der Waals surface area contributed by atoms with E-state index < -0.39 is 11.6 Å². The molecule has 0 heterocycles. The molecule has 0 aromatic heterocycles. The van der Waals surface area contributed by atoms with Crippen LogP contribution < -0.4 is 0 Å². The Kier molecular flexibility index (Phi) is 3.07. The third-order valence-corrected chi connectivity index (χ3v) is 4.22. The highest BCUT2D eigenvalue weighted by Gasteiger charge is 2.47. The fraction of sp³-hybridized carbons (Fsp3) is 0.235. The average Bonchev–Trinajstić information content (AvgIpc) is 2.46. The van der Waals surface area contributed by atoms with Crippen molar-refractivity contribution in [1.29, 1.82) is 0 Å². The second kappa shape index (κ2) is 4.76. The monoisotopic (exact) mass is 268 g/mol. The van der Waals surface area contributed by atoms with Crippen molar-refractivity contribution < 1.29 is 15.0 Å². The van der Waals surface area contributed by atoms with E-state index in [2.05, 4.69) is 0 Å². The van der Waals surface area contributed by atoms with E-state index in [9.17, 15) is 9.90 Å². The molecule has 0 unspecified atom stereocenters. The summed E-state index contributed by atoms with van der Waals surface area (Å²) in [7, 11) is 0. The molecule has 2 aromatic rings. The highest BCUT2D eigenvalue weighted by Crippen LogP contribution is 2.52. The molecule has 20 heavy (non-hydrogen) atoms. The molecule has 1 saturated carbocycles. The lowest BCUT2D eigenvalue weighted by molar-refractivity contribution is -0.0645. The van der Waals surface area contributed by atoms with E-state index in [1.54, 1.807) is 24.3 Å². The van der Waals surface area contributed by atoms with E-state index in [0.29, 0.717) is 6.42 Å². The first-order valence-corrected chi connectivity index (χ1v) is 6.72. The van der Waals surface area contributed by atoms with Crippen LogP contribution in [0.3, 0.4) is 0 Å². The zero-order valence-corrected chi connectivity index (χ0v) is 11.0. The van der Waals surface area contributed by atoms with E-state index in [0.717, 1.165) is 17.5 Å². The molecule has 0 amide bonds. The van der Waals surface area contributed by atoms with Gasteiger partial charge in [0, 0.05) is 5.92 Å². The maximum atomic E-state index is 10.9. The van der Waals surface area contributed by atoms with Crippen molar-refractivity contribution in [1.82, 2.24) is 0 Å². The number of aromatic carboxylic acids is 1. The van der Waals surface area contributed by atoms with E-state index in [1.807, 2.05) is 30.3 Å². The predicted molar refractivity (Wildman–Crippen MR) is 75.7 cm³/mol. The van der Waals surface area contributed by atoms with Crippen LogP contribution in [0.4, 0.5) is 0 Å². The molecule has 2 aromatic carbocycles. The van der Waals surface area contributed by atoms with Crippen LogP contribution in [0.5, 0.6) is 0 Å². The number of benzene rings is 2. The van der Waals surface area contributed by atoms with E-state index in [4.69, 9.17) is 5.11 Å². The molecule has 0 aliphatic heterocycles. The molecule has 0 bridgehead atoms. The summed E-state index contributed by atoms with van der Waals surface area (Å²) in [6.07, 6.45) is 1.65. The van der Waals surface area contributed by atoms with Crippen molar-refractivity contribution in [3.63, 3.8) is 0 Å². The third-order valence-electron chi connectivity index (χ3n) is 4.22. The maximum absolute atomic E-state index is 10.9. The zero-order valence-electron chi connectivity index (χ0n) is 11.0. The van der Waals surface area contributed by atoms with Crippen LogP contribution in [0.2, 0.25) is 0 Å². The lowest BCUT2D eigenvalue weighted by Gasteiger charge is -2.46. The minimum Gasteiger partial charge on any atom is -0.478 e. The average molecular weight is 268 g/mol. The number of carboxylic acid groups (broad SMARTS) is 1. The zero-order chi connectivity index (χ0) is 14.2. The fourth-order valence-electron chi connectivity index (χ4n) is 2.94. The summed E-state index contributed by atoms with van der Waals surface area (Å²) in [5.41, 5.74) is 1.29. The summed E-state index contributed by atoms with van der Waals surface area (Å²) in [4.78, 5) is 10.9. The first-order valence-electron chi connectivity index (χ1n) is 6.72. The van der Waals surface area contributed by atoms with Gasteiger partial charge in [-0.25, -0.2) is 4.79 Å². The van der Waals surface area contributed by atoms with Gasteiger partial charge in [-0.1, -0.05) is 42.5 Å². The van der Waals surface area contributed by atoms with Crippen LogP contribution in [0.25, 0.3) is 0 Å². The normalized spacial score (nSPS) is 24.9. The van der Waals surface area contributed by atoms with Crippen molar-refractivity contribution in [2.24, 2.45) is 0 Å². The number of hydrogen-bond donors (Lipinski definition) is 2. The molecule has 1 aliphatic carbocycles. The molecule has 3 rings (SSSR count). The maximum Gasteiger partial charge on any atom is 0.335 e. The van der Waals surface area contributed by atoms with Crippen LogP contribution >= 0.6 is 0 Å². The Hall–Kier alpha value is -2.13. The topological polar surface area (TPSA) is 57.5 Å². The molecule has 0 saturated heterocycles. The second-order valence-corrected chi connectivity index (χ2v) is 5.31. The van der Waals surface area contributed by atoms with Crippen LogP contribution in [0.1, 0.15) is 40.2 Å². The predicted octanol–water partition coefficient (Wildman–Crippen LogP) is 3.15. The molecular weight excluding hydrogens is 252 g/mol. The van der Waals surface area contributed by atoms with Gasteiger partial charge in [0.15, 0.2) is 0 Å². The minimum atomic E-state index is -0.947. The molecule has 0 radical (unpaired) electrons. The Bertz CT molecular complexity index is 618. The molecule has 1 aliphatic rings. The highest BCUT2D eigenvalue weighted by molar-refractivity contribution is 5.87. The summed E-state index contributed by atoms with van der Waals surface area (Å²) < 4.78 is 0. The van der Waals surface area contributed by atoms with Crippen LogP contribution in [0.15, 0.2) is 54.6 Å². The van der Waals surface area contributed by atoms with Gasteiger partial charge >= 0.3 is 5.97 Å². The molecular formula is C17H16O3. The van der Waals surface area contributed by atoms with Gasteiger partial charge in [0.2, 0.25) is 0 Å². The molecule has 1 fully saturated rings. The van der Waals surface area contributed by atoms with Crippen molar-refractivity contribution in [2.75, 3.05) is 0 Å². The molecule has 3 nitrogen and oxygen atoms in total. The molecule has 102 valence electrons. The van der Waals surface area contributed by atoms with Crippen molar-refractivity contribution in [3.8, 4) is 0 Å². The van der Waals surface area contributed by atoms with Crippen molar-refractivity contribution in [3.05, 3.63) is 71.3 Å². The quantitative estimate of drug-likeness (QED) is 0.899. The van der Waals surface area contributed by atoms with Gasteiger partial charge in [0.05, 0.1) is 11.2 Å². The van der Waals surface area contributed by atoms with Gasteiger partial charge in [0.25, 0.3) is 0 Å². The SMILES string of the molecule is O=C(O)c1ccc([C@@]2(O)CC[C@H]2c2ccccc2)cc1. The van der Waals surface area contributed by atoms with E-state index in [-0.39, 0.29) is 11.5 Å². The van der Waals surface area contributed by atoms with Crippen molar-refractivity contribution >= 4 is 5.97 Å². The van der Waals surface area contributed by atoms with Crippen LogP contribution in [-0.2, 0) is 5.60 Å². The summed E-state index contributed by atoms with van der Waals surface area (Å²) in [6.45, 7) is 0. The second-order valence-electron chi connectivity index (χ2n) is 5.31. The highest BCUT2D eigenvalue weighted by atomic mass is 16.4. The van der Waals surface area contributed by atoms with Crippen LogP contribution in [-0.4, -0.2) is 16.2 Å². The Labute approximate surface area is 117 Å². The molecule has 0 spiro atoms. The Morgan fingerprint density at radius 2 is 1.70 bits per heavy atom.